The summed E-state index contributed by atoms with van der Waals surface area (Å²) in [4.78, 5) is 24.9. The first-order valence-electron chi connectivity index (χ1n) is 14.6. The summed E-state index contributed by atoms with van der Waals surface area (Å²) in [5, 5.41) is 5.82. The summed E-state index contributed by atoms with van der Waals surface area (Å²) in [6, 6.07) is 35.9. The maximum atomic E-state index is 6.23. The highest BCUT2D eigenvalue weighted by molar-refractivity contribution is 6.13. The molecule has 8 nitrogen and oxygen atoms in total. The Hall–Kier alpha value is -6.41. The minimum Gasteiger partial charge on any atom is -0.456 e. The van der Waals surface area contributed by atoms with E-state index in [2.05, 4.69) is 12.1 Å². The predicted molar refractivity (Wildman–Crippen MR) is 175 cm³/mol. The van der Waals surface area contributed by atoms with Crippen LogP contribution in [0.15, 0.2) is 130 Å². The van der Waals surface area contributed by atoms with Gasteiger partial charge in [-0.25, -0.2) is 19.5 Å². The monoisotopic (exact) mass is 580 g/mol. The van der Waals surface area contributed by atoms with Crippen LogP contribution >= 0.6 is 0 Å². The average molecular weight is 581 g/mol. The topological polar surface area (TPSA) is 95.7 Å². The number of nitrogens with zero attached hydrogens (tertiary/aromatic N) is 6. The van der Waals surface area contributed by atoms with Gasteiger partial charge >= 0.3 is 0 Å². The molecule has 10 aromatic rings. The lowest BCUT2D eigenvalue weighted by Crippen LogP contribution is -2.07. The van der Waals surface area contributed by atoms with E-state index < -0.39 is 0 Å². The van der Waals surface area contributed by atoms with Crippen molar-refractivity contribution in [1.82, 2.24) is 29.5 Å². The smallest absolute Gasteiger partial charge is 0.241 e. The van der Waals surface area contributed by atoms with E-state index in [1.54, 1.807) is 12.4 Å². The van der Waals surface area contributed by atoms with Gasteiger partial charge in [-0.15, -0.1) is 0 Å². The highest BCUT2D eigenvalue weighted by Gasteiger charge is 2.22. The molecule has 0 spiro atoms. The van der Waals surface area contributed by atoms with Gasteiger partial charge in [-0.2, -0.15) is 9.97 Å². The zero-order valence-electron chi connectivity index (χ0n) is 23.5. The lowest BCUT2D eigenvalue weighted by Gasteiger charge is -2.11. The number of furan rings is 2. The second kappa shape index (κ2) is 9.05. The molecular formula is C37H20N6O2. The molecule has 0 unspecified atom stereocenters. The van der Waals surface area contributed by atoms with Crippen molar-refractivity contribution in [3.05, 3.63) is 122 Å². The van der Waals surface area contributed by atoms with E-state index in [1.807, 2.05) is 102 Å². The quantitative estimate of drug-likeness (QED) is 0.206. The van der Waals surface area contributed by atoms with Gasteiger partial charge in [0.05, 0.1) is 0 Å². The maximum Gasteiger partial charge on any atom is 0.241 e. The molecule has 0 fully saturated rings. The van der Waals surface area contributed by atoms with Crippen molar-refractivity contribution < 1.29 is 8.83 Å². The average Bonchev–Trinajstić information content (AvgIpc) is 3.77. The van der Waals surface area contributed by atoms with Crippen molar-refractivity contribution in [2.24, 2.45) is 0 Å². The molecule has 0 atom stereocenters. The molecule has 0 bridgehead atoms. The summed E-state index contributed by atoms with van der Waals surface area (Å²) >= 11 is 0. The van der Waals surface area contributed by atoms with Crippen LogP contribution in [-0.4, -0.2) is 29.5 Å². The Bertz CT molecular complexity index is 2610. The van der Waals surface area contributed by atoms with Crippen LogP contribution in [0.4, 0.5) is 0 Å². The van der Waals surface area contributed by atoms with Crippen molar-refractivity contribution in [3.8, 4) is 28.7 Å². The zero-order valence-corrected chi connectivity index (χ0v) is 23.5. The van der Waals surface area contributed by atoms with Gasteiger partial charge in [0.2, 0.25) is 5.95 Å². The predicted octanol–water partition coefficient (Wildman–Crippen LogP) is 8.89. The van der Waals surface area contributed by atoms with E-state index in [4.69, 9.17) is 33.8 Å². The van der Waals surface area contributed by atoms with Gasteiger partial charge in [0, 0.05) is 55.8 Å². The van der Waals surface area contributed by atoms with Crippen molar-refractivity contribution in [2.75, 3.05) is 0 Å². The lowest BCUT2D eigenvalue weighted by molar-refractivity contribution is 0.668. The normalized spacial score (nSPS) is 12.0. The summed E-state index contributed by atoms with van der Waals surface area (Å²) in [6.45, 7) is 0. The Labute approximate surface area is 254 Å². The minimum atomic E-state index is 0.419. The number of para-hydroxylation sites is 2. The maximum absolute atomic E-state index is 6.23. The lowest BCUT2D eigenvalue weighted by atomic mass is 10.0. The molecule has 4 aromatic carbocycles. The summed E-state index contributed by atoms with van der Waals surface area (Å²) in [5.74, 6) is 1.44. The fraction of sp³-hybridized carbons (Fsp3) is 0. The van der Waals surface area contributed by atoms with Gasteiger partial charge in [-0.05, 0) is 48.5 Å². The van der Waals surface area contributed by atoms with Crippen LogP contribution in [0.1, 0.15) is 0 Å². The van der Waals surface area contributed by atoms with Crippen LogP contribution < -0.4 is 0 Å². The number of benzene rings is 4. The van der Waals surface area contributed by atoms with Crippen LogP contribution in [0.2, 0.25) is 0 Å². The first-order valence-corrected chi connectivity index (χ1v) is 14.6. The third kappa shape index (κ3) is 3.44. The van der Waals surface area contributed by atoms with Gasteiger partial charge in [0.15, 0.2) is 11.6 Å². The van der Waals surface area contributed by atoms with Gasteiger partial charge in [-0.1, -0.05) is 60.7 Å². The Morgan fingerprint density at radius 1 is 0.422 bits per heavy atom. The fourth-order valence-corrected chi connectivity index (χ4v) is 6.49. The first-order chi connectivity index (χ1) is 22.3. The van der Waals surface area contributed by atoms with Gasteiger partial charge < -0.3 is 8.83 Å². The molecule has 8 heteroatoms. The summed E-state index contributed by atoms with van der Waals surface area (Å²) in [5.41, 5.74) is 6.25. The van der Waals surface area contributed by atoms with Crippen LogP contribution in [0.5, 0.6) is 0 Å². The summed E-state index contributed by atoms with van der Waals surface area (Å²) < 4.78 is 14.4. The molecule has 6 aromatic heterocycles. The van der Waals surface area contributed by atoms with Gasteiger partial charge in [0.25, 0.3) is 0 Å². The van der Waals surface area contributed by atoms with Gasteiger partial charge in [0.1, 0.15) is 33.6 Å². The first kappa shape index (κ1) is 24.1. The van der Waals surface area contributed by atoms with Gasteiger partial charge in [-0.3, -0.25) is 0 Å². The van der Waals surface area contributed by atoms with Crippen LogP contribution in [0, 0.1) is 0 Å². The Balaban J connectivity index is 1.34. The third-order valence-electron chi connectivity index (χ3n) is 8.40. The number of rotatable bonds is 3. The third-order valence-corrected chi connectivity index (χ3v) is 8.40. The Morgan fingerprint density at radius 2 is 0.889 bits per heavy atom. The van der Waals surface area contributed by atoms with E-state index in [-0.39, 0.29) is 0 Å². The molecule has 0 saturated carbocycles. The molecule has 6 heterocycles. The highest BCUT2D eigenvalue weighted by atomic mass is 16.3. The molecule has 0 N–H and O–H groups in total. The molecule has 10 rings (SSSR count). The molecule has 0 aliphatic heterocycles. The summed E-state index contributed by atoms with van der Waals surface area (Å²) in [6.07, 6.45) is 3.55. The summed E-state index contributed by atoms with van der Waals surface area (Å²) in [7, 11) is 0. The molecule has 0 aliphatic carbocycles. The number of hydrogen-bond donors (Lipinski definition) is 0. The van der Waals surface area contributed by atoms with E-state index in [9.17, 15) is 0 Å². The highest BCUT2D eigenvalue weighted by Crippen LogP contribution is 2.39. The number of hydrogen-bond acceptors (Lipinski definition) is 7. The van der Waals surface area contributed by atoms with Crippen molar-refractivity contribution in [2.45, 2.75) is 0 Å². The largest absolute Gasteiger partial charge is 0.456 e. The Kier molecular flexibility index (Phi) is 4.84. The molecule has 0 aliphatic rings. The SMILES string of the molecule is c1ccc2c(c1)oc1cccc(-c3nc(-c4cccc5oc6ccccc6c45)nc(-n4c5ncccc5c5cccnc54)n3)c12. The zero-order chi connectivity index (χ0) is 29.5. The van der Waals surface area contributed by atoms with E-state index in [1.165, 1.54) is 0 Å². The molecule has 0 amide bonds. The van der Waals surface area contributed by atoms with E-state index in [0.717, 1.165) is 65.8 Å². The standard InChI is InChI=1S/C37H20N6O2/c1-3-15-27-23(9-1)31-25(11-5-17-29(31)44-27)33-40-34(26-12-6-18-30-32(26)24-10-2-4-16-28(24)45-30)42-37(41-33)43-35-21(13-7-19-38-35)22-14-8-20-39-36(22)43/h1-20H. The Morgan fingerprint density at radius 3 is 1.42 bits per heavy atom. The fourth-order valence-electron chi connectivity index (χ4n) is 6.49. The second-order valence-electron chi connectivity index (χ2n) is 10.9. The minimum absolute atomic E-state index is 0.419. The second-order valence-corrected chi connectivity index (χ2v) is 10.9. The van der Waals surface area contributed by atoms with E-state index >= 15 is 0 Å². The van der Waals surface area contributed by atoms with E-state index in [0.29, 0.717) is 28.9 Å². The molecule has 45 heavy (non-hydrogen) atoms. The van der Waals surface area contributed by atoms with Crippen molar-refractivity contribution in [1.29, 1.82) is 0 Å². The number of fused-ring (bicyclic) bond motifs is 9. The number of pyridine rings is 2. The molecule has 0 saturated heterocycles. The van der Waals surface area contributed by atoms with Crippen LogP contribution in [-0.2, 0) is 0 Å². The van der Waals surface area contributed by atoms with Crippen LogP contribution in [0.25, 0.3) is 94.7 Å². The molecule has 210 valence electrons. The van der Waals surface area contributed by atoms with Crippen molar-refractivity contribution in [3.63, 3.8) is 0 Å². The number of aromatic nitrogens is 6. The molecular weight excluding hydrogens is 560 g/mol. The molecule has 0 radical (unpaired) electrons. The van der Waals surface area contributed by atoms with Crippen LogP contribution in [0.3, 0.4) is 0 Å². The van der Waals surface area contributed by atoms with Crippen molar-refractivity contribution >= 4 is 65.9 Å².